The topological polar surface area (TPSA) is 125 Å². The van der Waals surface area contributed by atoms with E-state index in [2.05, 4.69) is 10.1 Å². The van der Waals surface area contributed by atoms with Gasteiger partial charge in [0.1, 0.15) is 10.7 Å². The highest BCUT2D eigenvalue weighted by atomic mass is 35.5. The lowest BCUT2D eigenvalue weighted by molar-refractivity contribution is 0.0429. The minimum Gasteiger partial charge on any atom is -0.452 e. The fourth-order valence-corrected chi connectivity index (χ4v) is 3.29. The third kappa shape index (κ3) is 4.35. The first kappa shape index (κ1) is 19.9. The maximum Gasteiger partial charge on any atom is 0.338 e. The zero-order chi connectivity index (χ0) is 20.5. The van der Waals surface area contributed by atoms with Crippen molar-refractivity contribution in [1.29, 1.82) is 0 Å². The summed E-state index contributed by atoms with van der Waals surface area (Å²) >= 11 is 5.77. The second kappa shape index (κ2) is 7.66. The Hall–Kier alpha value is -2.82. The highest BCUT2D eigenvalue weighted by Crippen LogP contribution is 2.22. The molecule has 0 saturated heterocycles. The van der Waals surface area contributed by atoms with Gasteiger partial charge in [-0.2, -0.15) is 4.98 Å². The summed E-state index contributed by atoms with van der Waals surface area (Å²) in [4.78, 5) is 15.8. The van der Waals surface area contributed by atoms with Crippen LogP contribution in [-0.4, -0.2) is 24.5 Å². The normalized spacial score (nSPS) is 11.4. The van der Waals surface area contributed by atoms with Crippen LogP contribution in [0.1, 0.15) is 21.8 Å². The van der Waals surface area contributed by atoms with Crippen molar-refractivity contribution in [2.75, 3.05) is 0 Å². The molecule has 0 aliphatic carbocycles. The number of aromatic nitrogens is 2. The number of nitrogens with zero attached hydrogens (tertiary/aromatic N) is 2. The van der Waals surface area contributed by atoms with Gasteiger partial charge in [-0.05, 0) is 36.8 Å². The molecule has 3 aromatic rings. The van der Waals surface area contributed by atoms with E-state index in [4.69, 9.17) is 26.0 Å². The van der Waals surface area contributed by atoms with Gasteiger partial charge in [0.2, 0.25) is 15.8 Å². The minimum absolute atomic E-state index is 0.0232. The van der Waals surface area contributed by atoms with Crippen molar-refractivity contribution in [3.05, 3.63) is 64.3 Å². The van der Waals surface area contributed by atoms with E-state index in [-0.39, 0.29) is 28.9 Å². The Morgan fingerprint density at radius 2 is 2.04 bits per heavy atom. The fourth-order valence-electron chi connectivity index (χ4n) is 2.22. The number of esters is 1. The molecule has 0 atom stereocenters. The maximum absolute atomic E-state index is 13.6. The maximum atomic E-state index is 13.6. The van der Waals surface area contributed by atoms with Crippen LogP contribution in [0.5, 0.6) is 0 Å². The van der Waals surface area contributed by atoms with Crippen molar-refractivity contribution in [2.24, 2.45) is 5.14 Å². The van der Waals surface area contributed by atoms with E-state index in [0.717, 1.165) is 6.07 Å². The predicted octanol–water partition coefficient (Wildman–Crippen LogP) is 2.84. The van der Waals surface area contributed by atoms with Crippen LogP contribution in [0.25, 0.3) is 11.4 Å². The second-order valence-corrected chi connectivity index (χ2v) is 7.68. The van der Waals surface area contributed by atoms with Gasteiger partial charge in [-0.25, -0.2) is 22.7 Å². The van der Waals surface area contributed by atoms with Crippen molar-refractivity contribution >= 4 is 27.6 Å². The van der Waals surface area contributed by atoms with Gasteiger partial charge in [0, 0.05) is 5.56 Å². The summed E-state index contributed by atoms with van der Waals surface area (Å²) < 4.78 is 46.6. The molecule has 28 heavy (non-hydrogen) atoms. The first-order valence-electron chi connectivity index (χ1n) is 7.74. The van der Waals surface area contributed by atoms with E-state index in [1.54, 1.807) is 19.1 Å². The Balaban J connectivity index is 1.72. The summed E-state index contributed by atoms with van der Waals surface area (Å²) in [6.07, 6.45) is 0. The monoisotopic (exact) mass is 425 g/mol. The fraction of sp³-hybridized carbons (Fsp3) is 0.118. The number of ether oxygens (including phenoxy) is 1. The molecule has 0 aliphatic heterocycles. The molecule has 2 N–H and O–H groups in total. The first-order chi connectivity index (χ1) is 13.1. The number of nitrogens with two attached hydrogens (primary N) is 1. The highest BCUT2D eigenvalue weighted by Gasteiger charge is 2.18. The standard InChI is InChI=1S/C17H13ClFN3O5S/c1-9-2-3-10(6-13(9)19)16-21-15(27-22-16)8-26-17(23)11-4-5-12(18)14(7-11)28(20,24)25/h2-7H,8H2,1H3,(H2,20,24,25). The molecule has 1 aromatic heterocycles. The van der Waals surface area contributed by atoms with Gasteiger partial charge in [0.05, 0.1) is 10.6 Å². The van der Waals surface area contributed by atoms with Gasteiger partial charge in [0.25, 0.3) is 5.89 Å². The van der Waals surface area contributed by atoms with Gasteiger partial charge < -0.3 is 9.26 Å². The number of hydrogen-bond acceptors (Lipinski definition) is 7. The molecular weight excluding hydrogens is 413 g/mol. The number of hydrogen-bond donors (Lipinski definition) is 1. The van der Waals surface area contributed by atoms with Crippen molar-refractivity contribution in [3.8, 4) is 11.4 Å². The molecule has 8 nitrogen and oxygen atoms in total. The summed E-state index contributed by atoms with van der Waals surface area (Å²) in [7, 11) is -4.10. The van der Waals surface area contributed by atoms with Crippen LogP contribution in [0.4, 0.5) is 4.39 Å². The van der Waals surface area contributed by atoms with Crippen molar-refractivity contribution in [1.82, 2.24) is 10.1 Å². The Bertz CT molecular complexity index is 1160. The van der Waals surface area contributed by atoms with E-state index in [9.17, 15) is 17.6 Å². The summed E-state index contributed by atoms with van der Waals surface area (Å²) in [6.45, 7) is 1.26. The molecule has 0 amide bonds. The van der Waals surface area contributed by atoms with Crippen LogP contribution in [0.3, 0.4) is 0 Å². The van der Waals surface area contributed by atoms with E-state index in [1.807, 2.05) is 0 Å². The number of carbonyl (C=O) groups is 1. The molecule has 0 radical (unpaired) electrons. The lowest BCUT2D eigenvalue weighted by atomic mass is 10.1. The number of sulfonamides is 1. The molecule has 11 heteroatoms. The van der Waals surface area contributed by atoms with Gasteiger partial charge in [-0.15, -0.1) is 0 Å². The van der Waals surface area contributed by atoms with Crippen LogP contribution in [0.15, 0.2) is 45.8 Å². The molecule has 0 bridgehead atoms. The third-order valence-electron chi connectivity index (χ3n) is 3.70. The number of primary sulfonamides is 1. The first-order valence-corrected chi connectivity index (χ1v) is 9.66. The summed E-state index contributed by atoms with van der Waals surface area (Å²) in [5.74, 6) is -1.15. The van der Waals surface area contributed by atoms with Crippen LogP contribution < -0.4 is 5.14 Å². The lowest BCUT2D eigenvalue weighted by Gasteiger charge is -2.05. The van der Waals surface area contributed by atoms with E-state index < -0.39 is 26.7 Å². The van der Waals surface area contributed by atoms with Crippen LogP contribution >= 0.6 is 11.6 Å². The molecule has 0 saturated carbocycles. The predicted molar refractivity (Wildman–Crippen MR) is 96.4 cm³/mol. The molecule has 2 aromatic carbocycles. The smallest absolute Gasteiger partial charge is 0.338 e. The molecular formula is C17H13ClFN3O5S. The molecule has 146 valence electrons. The summed E-state index contributed by atoms with van der Waals surface area (Å²) in [5, 5.41) is 8.63. The average Bonchev–Trinajstić information content (AvgIpc) is 3.10. The Labute approximate surface area is 164 Å². The number of benzene rings is 2. The zero-order valence-corrected chi connectivity index (χ0v) is 15.9. The van der Waals surface area contributed by atoms with Crippen molar-refractivity contribution in [3.63, 3.8) is 0 Å². The largest absolute Gasteiger partial charge is 0.452 e. The highest BCUT2D eigenvalue weighted by molar-refractivity contribution is 7.89. The molecule has 0 aliphatic rings. The van der Waals surface area contributed by atoms with Crippen LogP contribution in [0.2, 0.25) is 5.02 Å². The number of aryl methyl sites for hydroxylation is 1. The van der Waals surface area contributed by atoms with Gasteiger partial charge in [-0.1, -0.05) is 28.9 Å². The van der Waals surface area contributed by atoms with Crippen molar-refractivity contribution < 1.29 is 26.9 Å². The average molecular weight is 426 g/mol. The van der Waals surface area contributed by atoms with Crippen molar-refractivity contribution in [2.45, 2.75) is 18.4 Å². The van der Waals surface area contributed by atoms with Gasteiger partial charge in [0.15, 0.2) is 6.61 Å². The SMILES string of the molecule is Cc1ccc(-c2noc(COC(=O)c3ccc(Cl)c(S(N)(=O)=O)c3)n2)cc1F. The number of halogens is 2. The van der Waals surface area contributed by atoms with Crippen LogP contribution in [-0.2, 0) is 21.4 Å². The molecule has 3 rings (SSSR count). The molecule has 0 spiro atoms. The quantitative estimate of drug-likeness (QED) is 0.623. The third-order valence-corrected chi connectivity index (χ3v) is 5.09. The zero-order valence-electron chi connectivity index (χ0n) is 14.3. The number of carbonyl (C=O) groups excluding carboxylic acids is 1. The van der Waals surface area contributed by atoms with E-state index in [0.29, 0.717) is 11.1 Å². The Kier molecular flexibility index (Phi) is 5.45. The lowest BCUT2D eigenvalue weighted by Crippen LogP contribution is -2.14. The Morgan fingerprint density at radius 1 is 1.29 bits per heavy atom. The molecule has 1 heterocycles. The van der Waals surface area contributed by atoms with E-state index >= 15 is 0 Å². The molecule has 0 fully saturated rings. The number of rotatable bonds is 5. The minimum atomic E-state index is -4.10. The second-order valence-electron chi connectivity index (χ2n) is 5.74. The summed E-state index contributed by atoms with van der Waals surface area (Å²) in [6, 6.07) is 7.97. The van der Waals surface area contributed by atoms with Gasteiger partial charge >= 0.3 is 5.97 Å². The molecule has 0 unspecified atom stereocenters. The van der Waals surface area contributed by atoms with Gasteiger partial charge in [-0.3, -0.25) is 0 Å². The Morgan fingerprint density at radius 3 is 2.71 bits per heavy atom. The van der Waals surface area contributed by atoms with Crippen LogP contribution in [0, 0.1) is 12.7 Å². The summed E-state index contributed by atoms with van der Waals surface area (Å²) in [5.41, 5.74) is 0.803. The van der Waals surface area contributed by atoms with E-state index in [1.165, 1.54) is 18.2 Å².